The first-order chi connectivity index (χ1) is 6.14. The average molecular weight is 185 g/mol. The summed E-state index contributed by atoms with van der Waals surface area (Å²) in [6.45, 7) is 6.49. The quantitative estimate of drug-likeness (QED) is 0.618. The summed E-state index contributed by atoms with van der Waals surface area (Å²) in [4.78, 5) is 0. The molecule has 2 N–H and O–H groups in total. The van der Waals surface area contributed by atoms with Gasteiger partial charge in [-0.15, -0.1) is 0 Å². The predicted molar refractivity (Wildman–Crippen MR) is 55.7 cm³/mol. The van der Waals surface area contributed by atoms with Gasteiger partial charge < -0.3 is 10.4 Å². The third-order valence-corrected chi connectivity index (χ3v) is 2.99. The lowest BCUT2D eigenvalue weighted by atomic mass is 9.83. The third-order valence-electron chi connectivity index (χ3n) is 2.99. The van der Waals surface area contributed by atoms with E-state index in [1.807, 2.05) is 0 Å². The Morgan fingerprint density at radius 2 is 2.08 bits per heavy atom. The second-order valence-electron chi connectivity index (χ2n) is 5.08. The van der Waals surface area contributed by atoms with E-state index in [9.17, 15) is 0 Å². The van der Waals surface area contributed by atoms with Gasteiger partial charge in [0.25, 0.3) is 0 Å². The number of rotatable bonds is 6. The van der Waals surface area contributed by atoms with Gasteiger partial charge in [0.15, 0.2) is 0 Å². The Bertz CT molecular complexity index is 141. The van der Waals surface area contributed by atoms with Crippen molar-refractivity contribution < 1.29 is 5.11 Å². The Hall–Kier alpha value is -0.0800. The molecule has 0 aromatic carbocycles. The summed E-state index contributed by atoms with van der Waals surface area (Å²) in [5.41, 5.74) is 0.0413. The van der Waals surface area contributed by atoms with Gasteiger partial charge in [-0.25, -0.2) is 0 Å². The van der Waals surface area contributed by atoms with E-state index in [1.54, 1.807) is 0 Å². The molecule has 1 aliphatic carbocycles. The summed E-state index contributed by atoms with van der Waals surface area (Å²) in [5, 5.41) is 12.4. The van der Waals surface area contributed by atoms with Gasteiger partial charge in [0.1, 0.15) is 0 Å². The van der Waals surface area contributed by atoms with Crippen LogP contribution in [0.5, 0.6) is 0 Å². The van der Waals surface area contributed by atoms with Crippen LogP contribution in [0.1, 0.15) is 39.5 Å². The van der Waals surface area contributed by atoms with Gasteiger partial charge in [-0.2, -0.15) is 0 Å². The van der Waals surface area contributed by atoms with Crippen LogP contribution in [0.25, 0.3) is 0 Å². The van der Waals surface area contributed by atoms with E-state index in [1.165, 1.54) is 25.7 Å². The van der Waals surface area contributed by atoms with Crippen molar-refractivity contribution >= 4 is 0 Å². The minimum atomic E-state index is 0.0413. The molecule has 1 aliphatic rings. The molecular weight excluding hydrogens is 162 g/mol. The minimum absolute atomic E-state index is 0.0413. The van der Waals surface area contributed by atoms with E-state index in [0.29, 0.717) is 0 Å². The highest BCUT2D eigenvalue weighted by Crippen LogP contribution is 2.28. The zero-order valence-electron chi connectivity index (χ0n) is 8.97. The van der Waals surface area contributed by atoms with Crippen molar-refractivity contribution in [1.82, 2.24) is 5.32 Å². The number of aliphatic hydroxyl groups excluding tert-OH is 1. The highest BCUT2D eigenvalue weighted by molar-refractivity contribution is 4.73. The summed E-state index contributed by atoms with van der Waals surface area (Å²) >= 11 is 0. The number of hydrogen-bond donors (Lipinski definition) is 2. The van der Waals surface area contributed by atoms with Crippen molar-refractivity contribution in [3.05, 3.63) is 0 Å². The SMILES string of the molecule is CC(C)(CO)CNCCC1CCC1. The van der Waals surface area contributed by atoms with Crippen LogP contribution < -0.4 is 5.32 Å². The van der Waals surface area contributed by atoms with E-state index in [2.05, 4.69) is 19.2 Å². The second-order valence-corrected chi connectivity index (χ2v) is 5.08. The summed E-state index contributed by atoms with van der Waals surface area (Å²) in [5.74, 6) is 0.990. The van der Waals surface area contributed by atoms with Crippen LogP contribution in [-0.4, -0.2) is 24.8 Å². The highest BCUT2D eigenvalue weighted by Gasteiger charge is 2.18. The topological polar surface area (TPSA) is 32.3 Å². The first-order valence-electron chi connectivity index (χ1n) is 5.46. The zero-order valence-corrected chi connectivity index (χ0v) is 8.97. The van der Waals surface area contributed by atoms with E-state index in [-0.39, 0.29) is 12.0 Å². The molecule has 1 rings (SSSR count). The molecule has 2 nitrogen and oxygen atoms in total. The molecule has 0 atom stereocenters. The first-order valence-corrected chi connectivity index (χ1v) is 5.46. The Morgan fingerprint density at radius 1 is 1.38 bits per heavy atom. The second kappa shape index (κ2) is 4.97. The molecule has 0 spiro atoms. The molecule has 13 heavy (non-hydrogen) atoms. The number of aliphatic hydroxyl groups is 1. The molecule has 2 heteroatoms. The molecular formula is C11H23NO. The van der Waals surface area contributed by atoms with Gasteiger partial charge in [0.2, 0.25) is 0 Å². The fourth-order valence-corrected chi connectivity index (χ4v) is 1.57. The van der Waals surface area contributed by atoms with Crippen LogP contribution in [0.15, 0.2) is 0 Å². The van der Waals surface area contributed by atoms with Crippen molar-refractivity contribution in [3.8, 4) is 0 Å². The summed E-state index contributed by atoms with van der Waals surface area (Å²) in [7, 11) is 0. The number of hydrogen-bond acceptors (Lipinski definition) is 2. The highest BCUT2D eigenvalue weighted by atomic mass is 16.3. The molecule has 78 valence electrons. The van der Waals surface area contributed by atoms with E-state index >= 15 is 0 Å². The van der Waals surface area contributed by atoms with Crippen molar-refractivity contribution in [1.29, 1.82) is 0 Å². The van der Waals surface area contributed by atoms with Gasteiger partial charge in [-0.1, -0.05) is 33.1 Å². The first kappa shape index (κ1) is 11.0. The van der Waals surface area contributed by atoms with Crippen molar-refractivity contribution in [2.24, 2.45) is 11.3 Å². The minimum Gasteiger partial charge on any atom is -0.396 e. The molecule has 0 saturated heterocycles. The van der Waals surface area contributed by atoms with Gasteiger partial charge in [0.05, 0.1) is 0 Å². The molecule has 0 aromatic heterocycles. The summed E-state index contributed by atoms with van der Waals surface area (Å²) < 4.78 is 0. The van der Waals surface area contributed by atoms with E-state index in [4.69, 9.17) is 5.11 Å². The van der Waals surface area contributed by atoms with Crippen LogP contribution in [0, 0.1) is 11.3 Å². The lowest BCUT2D eigenvalue weighted by Gasteiger charge is -2.27. The molecule has 0 unspecified atom stereocenters. The molecule has 1 fully saturated rings. The predicted octanol–water partition coefficient (Wildman–Crippen LogP) is 1.78. The van der Waals surface area contributed by atoms with E-state index < -0.39 is 0 Å². The van der Waals surface area contributed by atoms with Crippen LogP contribution in [0.4, 0.5) is 0 Å². The maximum Gasteiger partial charge on any atom is 0.0494 e. The number of nitrogens with one attached hydrogen (secondary N) is 1. The maximum absolute atomic E-state index is 9.02. The van der Waals surface area contributed by atoms with Gasteiger partial charge >= 0.3 is 0 Å². The average Bonchev–Trinajstić information content (AvgIpc) is 2.01. The smallest absolute Gasteiger partial charge is 0.0494 e. The monoisotopic (exact) mass is 185 g/mol. The third kappa shape index (κ3) is 4.10. The Kier molecular flexibility index (Phi) is 4.20. The standard InChI is InChI=1S/C11H23NO/c1-11(2,9-13)8-12-7-6-10-4-3-5-10/h10,12-13H,3-9H2,1-2H3. The molecule has 1 saturated carbocycles. The molecule has 0 bridgehead atoms. The zero-order chi connectivity index (χ0) is 9.73. The largest absolute Gasteiger partial charge is 0.396 e. The normalized spacial score (nSPS) is 18.7. The van der Waals surface area contributed by atoms with E-state index in [0.717, 1.165) is 19.0 Å². The van der Waals surface area contributed by atoms with Crippen LogP contribution >= 0.6 is 0 Å². The lowest BCUT2D eigenvalue weighted by Crippen LogP contribution is -2.33. The Labute approximate surface area is 81.7 Å². The molecule has 0 heterocycles. The maximum atomic E-state index is 9.02. The van der Waals surface area contributed by atoms with Crippen molar-refractivity contribution in [3.63, 3.8) is 0 Å². The molecule has 0 amide bonds. The van der Waals surface area contributed by atoms with Crippen molar-refractivity contribution in [2.75, 3.05) is 19.7 Å². The Balaban J connectivity index is 1.93. The van der Waals surface area contributed by atoms with Crippen LogP contribution in [0.3, 0.4) is 0 Å². The van der Waals surface area contributed by atoms with Crippen LogP contribution in [0.2, 0.25) is 0 Å². The van der Waals surface area contributed by atoms with Gasteiger partial charge in [-0.3, -0.25) is 0 Å². The summed E-state index contributed by atoms with van der Waals surface area (Å²) in [6.07, 6.45) is 5.63. The summed E-state index contributed by atoms with van der Waals surface area (Å²) in [6, 6.07) is 0. The van der Waals surface area contributed by atoms with Gasteiger partial charge in [0, 0.05) is 18.6 Å². The molecule has 0 radical (unpaired) electrons. The fourth-order valence-electron chi connectivity index (χ4n) is 1.57. The molecule has 0 aromatic rings. The Morgan fingerprint density at radius 3 is 2.54 bits per heavy atom. The van der Waals surface area contributed by atoms with Crippen LogP contribution in [-0.2, 0) is 0 Å². The lowest BCUT2D eigenvalue weighted by molar-refractivity contribution is 0.155. The molecule has 0 aliphatic heterocycles. The fraction of sp³-hybridized carbons (Fsp3) is 1.00. The van der Waals surface area contributed by atoms with Crippen molar-refractivity contribution in [2.45, 2.75) is 39.5 Å². The van der Waals surface area contributed by atoms with Gasteiger partial charge in [-0.05, 0) is 18.9 Å².